The minimum absolute atomic E-state index is 0. The molecule has 0 aliphatic carbocycles. The Morgan fingerprint density at radius 3 is 0.762 bits per heavy atom. The van der Waals surface area contributed by atoms with Crippen molar-refractivity contribution in [1.29, 1.82) is 0 Å². The smallest absolute Gasteiger partial charge is 0.0825 e. The van der Waals surface area contributed by atoms with E-state index < -0.39 is 0 Å². The molecule has 8 nitrogen and oxygen atoms in total. The third-order valence-corrected chi connectivity index (χ3v) is 2.27. The van der Waals surface area contributed by atoms with E-state index in [0.29, 0.717) is 0 Å². The zero-order chi connectivity index (χ0) is 14.1. The first kappa shape index (κ1) is 19.4. The third-order valence-electron chi connectivity index (χ3n) is 2.27. The molecule has 21 heavy (non-hydrogen) atoms. The van der Waals surface area contributed by atoms with Gasteiger partial charge in [0.1, 0.15) is 0 Å². The quantitative estimate of drug-likeness (QED) is 0.401. The Hall–Kier alpha value is -1.60. The van der Waals surface area contributed by atoms with Crippen LogP contribution in [0, 0.1) is 0 Å². The molecule has 0 amide bonds. The van der Waals surface area contributed by atoms with Crippen LogP contribution in [0.15, 0.2) is 20.0 Å². The topological polar surface area (TPSA) is 97.6 Å². The van der Waals surface area contributed by atoms with Crippen LogP contribution < -0.4 is 21.3 Å². The van der Waals surface area contributed by atoms with Gasteiger partial charge in [0.2, 0.25) is 0 Å². The predicted molar refractivity (Wildman–Crippen MR) is 85.4 cm³/mol. The van der Waals surface area contributed by atoms with Gasteiger partial charge in [0.25, 0.3) is 0 Å². The van der Waals surface area contributed by atoms with Gasteiger partial charge in [-0.25, -0.2) is 0 Å². The summed E-state index contributed by atoms with van der Waals surface area (Å²) >= 11 is 0. The molecule has 0 fully saturated rings. The number of rotatable bonds is 0. The molecule has 4 aliphatic rings. The second-order valence-electron chi connectivity index (χ2n) is 3.96. The summed E-state index contributed by atoms with van der Waals surface area (Å²) in [5, 5.41) is 11.7. The minimum atomic E-state index is 0. The van der Waals surface area contributed by atoms with Crippen LogP contribution in [0.3, 0.4) is 0 Å². The summed E-state index contributed by atoms with van der Waals surface area (Å²) in [5.41, 5.74) is 0. The van der Waals surface area contributed by atoms with Crippen LogP contribution in [0.25, 0.3) is 0 Å². The molecule has 0 saturated carbocycles. The molecule has 9 heteroatoms. The molecule has 0 unspecified atom stereocenters. The average molecular weight is 344 g/mol. The van der Waals surface area contributed by atoms with E-state index in [1.807, 2.05) is 0 Å². The second kappa shape index (κ2) is 16.5. The monoisotopic (exact) mass is 343 g/mol. The Balaban J connectivity index is 0.000000250. The SMILES string of the molecule is C1=NCCN1.C1=NCCN1.C1=NCCN1.C1=NCCN1.[Cu]. The van der Waals surface area contributed by atoms with Crippen LogP contribution in [-0.2, 0) is 17.1 Å². The van der Waals surface area contributed by atoms with Gasteiger partial charge in [-0.15, -0.1) is 0 Å². The molecule has 0 aromatic rings. The first-order chi connectivity index (χ1) is 10.0. The van der Waals surface area contributed by atoms with E-state index in [2.05, 4.69) is 41.2 Å². The number of hydrogen-bond donors (Lipinski definition) is 4. The van der Waals surface area contributed by atoms with Gasteiger partial charge in [0.15, 0.2) is 0 Å². The molecule has 4 heterocycles. The molecule has 0 saturated heterocycles. The van der Waals surface area contributed by atoms with Crippen molar-refractivity contribution in [3.05, 3.63) is 0 Å². The second-order valence-corrected chi connectivity index (χ2v) is 3.96. The van der Waals surface area contributed by atoms with Crippen molar-refractivity contribution in [2.24, 2.45) is 20.0 Å². The van der Waals surface area contributed by atoms with Crippen molar-refractivity contribution in [1.82, 2.24) is 21.3 Å². The maximum absolute atomic E-state index is 3.85. The zero-order valence-corrected chi connectivity index (χ0v) is 13.0. The summed E-state index contributed by atoms with van der Waals surface area (Å²) in [4.78, 5) is 15.4. The molecular weight excluding hydrogens is 320 g/mol. The van der Waals surface area contributed by atoms with Crippen LogP contribution in [-0.4, -0.2) is 77.7 Å². The Labute approximate surface area is 136 Å². The first-order valence-corrected chi connectivity index (χ1v) is 6.87. The van der Waals surface area contributed by atoms with Crippen LogP contribution >= 0.6 is 0 Å². The largest absolute Gasteiger partial charge is 0.375 e. The Morgan fingerprint density at radius 1 is 0.476 bits per heavy atom. The molecule has 123 valence electrons. The van der Waals surface area contributed by atoms with Crippen LogP contribution in [0.5, 0.6) is 0 Å². The maximum atomic E-state index is 3.85. The number of nitrogens with one attached hydrogen (secondary N) is 4. The molecule has 0 aromatic carbocycles. The fraction of sp³-hybridized carbons (Fsp3) is 0.667. The molecule has 4 N–H and O–H groups in total. The fourth-order valence-corrected chi connectivity index (χ4v) is 1.29. The van der Waals surface area contributed by atoms with E-state index in [1.54, 1.807) is 25.4 Å². The van der Waals surface area contributed by atoms with Crippen molar-refractivity contribution in [3.8, 4) is 0 Å². The molecular formula is C12H24CuN8. The van der Waals surface area contributed by atoms with Crippen molar-refractivity contribution in [2.45, 2.75) is 0 Å². The van der Waals surface area contributed by atoms with Gasteiger partial charge in [0, 0.05) is 43.2 Å². The maximum Gasteiger partial charge on any atom is 0.0825 e. The van der Waals surface area contributed by atoms with Crippen LogP contribution in [0.1, 0.15) is 0 Å². The molecule has 4 aliphatic heterocycles. The van der Waals surface area contributed by atoms with Crippen LogP contribution in [0.4, 0.5) is 0 Å². The Morgan fingerprint density at radius 2 is 0.714 bits per heavy atom. The van der Waals surface area contributed by atoms with E-state index in [0.717, 1.165) is 52.4 Å². The molecule has 0 aromatic heterocycles. The van der Waals surface area contributed by atoms with Gasteiger partial charge in [0.05, 0.1) is 51.5 Å². The van der Waals surface area contributed by atoms with Gasteiger partial charge in [-0.05, 0) is 0 Å². The van der Waals surface area contributed by atoms with E-state index in [-0.39, 0.29) is 17.1 Å². The third kappa shape index (κ3) is 14.6. The Bertz CT molecular complexity index is 241. The van der Waals surface area contributed by atoms with Gasteiger partial charge in [-0.3, -0.25) is 20.0 Å². The van der Waals surface area contributed by atoms with Crippen molar-refractivity contribution >= 4 is 25.4 Å². The van der Waals surface area contributed by atoms with Crippen molar-refractivity contribution < 1.29 is 17.1 Å². The normalized spacial score (nSPS) is 18.3. The average Bonchev–Trinajstić information content (AvgIpc) is 3.40. The first-order valence-electron chi connectivity index (χ1n) is 6.87. The zero-order valence-electron chi connectivity index (χ0n) is 12.1. The summed E-state index contributed by atoms with van der Waals surface area (Å²) in [6.07, 6.45) is 6.94. The summed E-state index contributed by atoms with van der Waals surface area (Å²) in [6, 6.07) is 0. The van der Waals surface area contributed by atoms with Gasteiger partial charge in [-0.2, -0.15) is 0 Å². The van der Waals surface area contributed by atoms with E-state index in [4.69, 9.17) is 0 Å². The molecule has 1 radical (unpaired) electrons. The number of aliphatic imine (C=N–C) groups is 4. The van der Waals surface area contributed by atoms with Gasteiger partial charge in [-0.1, -0.05) is 0 Å². The molecule has 0 bridgehead atoms. The van der Waals surface area contributed by atoms with E-state index in [9.17, 15) is 0 Å². The standard InChI is InChI=1S/4C3H6N2.Cu/c4*1-2-5-3-4-1;/h4*3H,1-2H2,(H,4,5);. The van der Waals surface area contributed by atoms with Crippen molar-refractivity contribution in [3.63, 3.8) is 0 Å². The summed E-state index contributed by atoms with van der Waals surface area (Å²) in [7, 11) is 0. The molecule has 0 spiro atoms. The summed E-state index contributed by atoms with van der Waals surface area (Å²) in [6.45, 7) is 7.94. The molecule has 4 rings (SSSR count). The van der Waals surface area contributed by atoms with E-state index in [1.165, 1.54) is 0 Å². The van der Waals surface area contributed by atoms with E-state index >= 15 is 0 Å². The summed E-state index contributed by atoms with van der Waals surface area (Å²) in [5.74, 6) is 0. The minimum Gasteiger partial charge on any atom is -0.375 e. The van der Waals surface area contributed by atoms with Crippen LogP contribution in [0.2, 0.25) is 0 Å². The summed E-state index contributed by atoms with van der Waals surface area (Å²) < 4.78 is 0. The van der Waals surface area contributed by atoms with Gasteiger partial charge < -0.3 is 21.3 Å². The Kier molecular flexibility index (Phi) is 15.2. The predicted octanol–water partition coefficient (Wildman–Crippen LogP) is -1.53. The molecule has 0 atom stereocenters. The van der Waals surface area contributed by atoms with Crippen molar-refractivity contribution in [2.75, 3.05) is 52.4 Å². The van der Waals surface area contributed by atoms with Gasteiger partial charge >= 0.3 is 0 Å². The number of nitrogens with zero attached hydrogens (tertiary/aromatic N) is 4. The fourth-order valence-electron chi connectivity index (χ4n) is 1.29. The number of hydrogen-bond acceptors (Lipinski definition) is 8.